The summed E-state index contributed by atoms with van der Waals surface area (Å²) in [4.78, 5) is 11.0. The first kappa shape index (κ1) is 15.3. The van der Waals surface area contributed by atoms with Crippen LogP contribution in [0, 0.1) is 0 Å². The molecule has 1 aliphatic rings. The third-order valence-electron chi connectivity index (χ3n) is 2.83. The van der Waals surface area contributed by atoms with Crippen LogP contribution < -0.4 is 5.73 Å². The van der Waals surface area contributed by atoms with Gasteiger partial charge >= 0.3 is 0 Å². The summed E-state index contributed by atoms with van der Waals surface area (Å²) in [6.07, 6.45) is -7.64. The second-order valence-electron chi connectivity index (χ2n) is 4.13. The molecule has 0 aromatic heterocycles. The van der Waals surface area contributed by atoms with Gasteiger partial charge in [-0.2, -0.15) is 0 Å². The number of rotatable bonds is 5. The molecule has 1 heterocycles. The SMILES string of the molecule is CCC(O[C@@H]1OC(CO)[C@H](O)C(O)[C@@H]1O)C(N)=O. The third-order valence-corrected chi connectivity index (χ3v) is 2.83. The van der Waals surface area contributed by atoms with Gasteiger partial charge in [0.2, 0.25) is 5.91 Å². The molecule has 6 atom stereocenters. The summed E-state index contributed by atoms with van der Waals surface area (Å²) in [6.45, 7) is 1.09. The zero-order valence-corrected chi connectivity index (χ0v) is 9.97. The van der Waals surface area contributed by atoms with Gasteiger partial charge in [-0.3, -0.25) is 4.79 Å². The maximum Gasteiger partial charge on any atom is 0.246 e. The van der Waals surface area contributed by atoms with Crippen LogP contribution in [0.4, 0.5) is 0 Å². The normalized spacial score (nSPS) is 38.4. The second-order valence-corrected chi connectivity index (χ2v) is 4.13. The molecule has 1 amide bonds. The molecule has 8 heteroatoms. The molecule has 3 unspecified atom stereocenters. The monoisotopic (exact) mass is 265 g/mol. The number of nitrogens with two attached hydrogens (primary N) is 1. The first-order chi connectivity index (χ1) is 8.42. The van der Waals surface area contributed by atoms with Crippen molar-refractivity contribution in [1.82, 2.24) is 0 Å². The van der Waals surface area contributed by atoms with Crippen molar-refractivity contribution in [3.8, 4) is 0 Å². The fourth-order valence-electron chi connectivity index (χ4n) is 1.71. The number of aliphatic hydroxyl groups is 4. The predicted molar refractivity (Wildman–Crippen MR) is 58.1 cm³/mol. The van der Waals surface area contributed by atoms with E-state index in [1.165, 1.54) is 0 Å². The van der Waals surface area contributed by atoms with Crippen LogP contribution in [0.2, 0.25) is 0 Å². The van der Waals surface area contributed by atoms with Crippen molar-refractivity contribution < 1.29 is 34.7 Å². The smallest absolute Gasteiger partial charge is 0.246 e. The molecule has 0 saturated carbocycles. The molecule has 0 spiro atoms. The number of ether oxygens (including phenoxy) is 2. The molecule has 8 nitrogen and oxygen atoms in total. The molecule has 0 bridgehead atoms. The minimum absolute atomic E-state index is 0.268. The molecule has 0 aromatic rings. The average molecular weight is 265 g/mol. The van der Waals surface area contributed by atoms with Crippen molar-refractivity contribution >= 4 is 5.91 Å². The molecule has 0 aliphatic carbocycles. The number of amides is 1. The number of hydrogen-bond acceptors (Lipinski definition) is 7. The second kappa shape index (κ2) is 6.41. The van der Waals surface area contributed by atoms with Gasteiger partial charge in [0, 0.05) is 0 Å². The Morgan fingerprint density at radius 3 is 2.39 bits per heavy atom. The van der Waals surface area contributed by atoms with Crippen molar-refractivity contribution in [2.24, 2.45) is 5.73 Å². The summed E-state index contributed by atoms with van der Waals surface area (Å²) >= 11 is 0. The summed E-state index contributed by atoms with van der Waals surface area (Å²) < 4.78 is 10.2. The van der Waals surface area contributed by atoms with Crippen LogP contribution in [0.5, 0.6) is 0 Å². The molecule has 1 saturated heterocycles. The summed E-state index contributed by atoms with van der Waals surface area (Å²) in [6, 6.07) is 0. The standard InChI is InChI=1S/C10H19NO7/c1-2-4(9(11)16)17-10-8(15)7(14)6(13)5(3-12)18-10/h4-8,10,12-15H,2-3H2,1H3,(H2,11,16)/t4?,5?,6-,7?,8-,10+/m0/s1. The van der Waals surface area contributed by atoms with Gasteiger partial charge in [-0.15, -0.1) is 0 Å². The van der Waals surface area contributed by atoms with Crippen LogP contribution in [-0.4, -0.2) is 69.8 Å². The number of carbonyl (C=O) groups is 1. The quantitative estimate of drug-likeness (QED) is 0.358. The van der Waals surface area contributed by atoms with Gasteiger partial charge < -0.3 is 35.6 Å². The van der Waals surface area contributed by atoms with Gasteiger partial charge in [0.1, 0.15) is 30.5 Å². The summed E-state index contributed by atoms with van der Waals surface area (Å²) in [5, 5.41) is 37.7. The number of carbonyl (C=O) groups excluding carboxylic acids is 1. The minimum Gasteiger partial charge on any atom is -0.394 e. The largest absolute Gasteiger partial charge is 0.394 e. The molecule has 1 rings (SSSR count). The molecular weight excluding hydrogens is 246 g/mol. The maximum absolute atomic E-state index is 11.0. The molecule has 1 aliphatic heterocycles. The molecule has 18 heavy (non-hydrogen) atoms. The molecule has 0 radical (unpaired) electrons. The fourth-order valence-corrected chi connectivity index (χ4v) is 1.71. The van der Waals surface area contributed by atoms with Crippen molar-refractivity contribution in [3.63, 3.8) is 0 Å². The lowest BCUT2D eigenvalue weighted by atomic mass is 9.99. The van der Waals surface area contributed by atoms with E-state index < -0.39 is 49.3 Å². The Labute approximate surface area is 104 Å². The lowest BCUT2D eigenvalue weighted by Gasteiger charge is -2.40. The van der Waals surface area contributed by atoms with E-state index in [0.717, 1.165) is 0 Å². The average Bonchev–Trinajstić information content (AvgIpc) is 2.35. The Kier molecular flexibility index (Phi) is 5.45. The van der Waals surface area contributed by atoms with Crippen LogP contribution >= 0.6 is 0 Å². The van der Waals surface area contributed by atoms with Crippen molar-refractivity contribution in [1.29, 1.82) is 0 Å². The Morgan fingerprint density at radius 1 is 1.33 bits per heavy atom. The Hall–Kier alpha value is -0.770. The van der Waals surface area contributed by atoms with E-state index in [1.807, 2.05) is 0 Å². The summed E-state index contributed by atoms with van der Waals surface area (Å²) in [7, 11) is 0. The van der Waals surface area contributed by atoms with Crippen molar-refractivity contribution in [3.05, 3.63) is 0 Å². The maximum atomic E-state index is 11.0. The van der Waals surface area contributed by atoms with E-state index in [-0.39, 0.29) is 6.42 Å². The highest BCUT2D eigenvalue weighted by molar-refractivity contribution is 5.78. The molecule has 1 fully saturated rings. The van der Waals surface area contributed by atoms with Crippen LogP contribution in [0.15, 0.2) is 0 Å². The van der Waals surface area contributed by atoms with Gasteiger partial charge in [0.05, 0.1) is 6.61 Å². The van der Waals surface area contributed by atoms with Gasteiger partial charge in [0.25, 0.3) is 0 Å². The van der Waals surface area contributed by atoms with Crippen LogP contribution in [0.25, 0.3) is 0 Å². The van der Waals surface area contributed by atoms with Crippen LogP contribution in [-0.2, 0) is 14.3 Å². The first-order valence-electron chi connectivity index (χ1n) is 5.67. The number of hydrogen-bond donors (Lipinski definition) is 5. The predicted octanol–water partition coefficient (Wildman–Crippen LogP) is -2.93. The van der Waals surface area contributed by atoms with Crippen molar-refractivity contribution in [2.45, 2.75) is 50.2 Å². The van der Waals surface area contributed by atoms with Gasteiger partial charge in [-0.25, -0.2) is 0 Å². The van der Waals surface area contributed by atoms with E-state index >= 15 is 0 Å². The van der Waals surface area contributed by atoms with E-state index in [1.54, 1.807) is 6.92 Å². The lowest BCUT2D eigenvalue weighted by Crippen LogP contribution is -2.60. The van der Waals surface area contributed by atoms with E-state index in [9.17, 15) is 20.1 Å². The highest BCUT2D eigenvalue weighted by Crippen LogP contribution is 2.23. The molecule has 6 N–H and O–H groups in total. The zero-order valence-electron chi connectivity index (χ0n) is 9.97. The third kappa shape index (κ3) is 3.16. The van der Waals surface area contributed by atoms with Gasteiger partial charge in [-0.05, 0) is 6.42 Å². The van der Waals surface area contributed by atoms with Crippen LogP contribution in [0.3, 0.4) is 0 Å². The topological polar surface area (TPSA) is 142 Å². The molecule has 106 valence electrons. The highest BCUT2D eigenvalue weighted by Gasteiger charge is 2.45. The lowest BCUT2D eigenvalue weighted by molar-refractivity contribution is -0.308. The summed E-state index contributed by atoms with van der Waals surface area (Å²) in [5.41, 5.74) is 5.08. The van der Waals surface area contributed by atoms with E-state index in [4.69, 9.17) is 20.3 Å². The number of primary amides is 1. The Morgan fingerprint density at radius 2 is 1.94 bits per heavy atom. The first-order valence-corrected chi connectivity index (χ1v) is 5.67. The van der Waals surface area contributed by atoms with Gasteiger partial charge in [0.15, 0.2) is 6.29 Å². The van der Waals surface area contributed by atoms with Crippen LogP contribution in [0.1, 0.15) is 13.3 Å². The highest BCUT2D eigenvalue weighted by atomic mass is 16.7. The Balaban J connectivity index is 2.72. The van der Waals surface area contributed by atoms with E-state index in [2.05, 4.69) is 0 Å². The zero-order chi connectivity index (χ0) is 13.9. The van der Waals surface area contributed by atoms with Gasteiger partial charge in [-0.1, -0.05) is 6.92 Å². The van der Waals surface area contributed by atoms with E-state index in [0.29, 0.717) is 0 Å². The molecule has 0 aromatic carbocycles. The Bertz CT molecular complexity index is 285. The fraction of sp³-hybridized carbons (Fsp3) is 0.900. The summed E-state index contributed by atoms with van der Waals surface area (Å²) in [5.74, 6) is -0.727. The number of aliphatic hydroxyl groups excluding tert-OH is 4. The molecular formula is C10H19NO7. The minimum atomic E-state index is -1.54. The van der Waals surface area contributed by atoms with Crippen molar-refractivity contribution in [2.75, 3.05) is 6.61 Å².